The fourth-order valence-electron chi connectivity index (χ4n) is 1.79. The van der Waals surface area contributed by atoms with Gasteiger partial charge >= 0.3 is 11.9 Å². The average molecular weight is 267 g/mol. The minimum absolute atomic E-state index is 0.00538. The van der Waals surface area contributed by atoms with Gasteiger partial charge in [0.05, 0.1) is 26.3 Å². The number of hydrogen-bond acceptors (Lipinski definition) is 5. The number of aryl methyl sites for hydroxylation is 1. The van der Waals surface area contributed by atoms with Gasteiger partial charge in [0.2, 0.25) is 0 Å². The van der Waals surface area contributed by atoms with Crippen LogP contribution in [0.3, 0.4) is 0 Å². The predicted molar refractivity (Wildman–Crippen MR) is 66.9 cm³/mol. The van der Waals surface area contributed by atoms with Crippen LogP contribution in [0.1, 0.15) is 35.0 Å². The zero-order valence-electron chi connectivity index (χ0n) is 11.2. The lowest BCUT2D eigenvalue weighted by Crippen LogP contribution is -2.10. The largest absolute Gasteiger partial charge is 0.469 e. The van der Waals surface area contributed by atoms with Gasteiger partial charge in [0.1, 0.15) is 0 Å². The third-order valence-electron chi connectivity index (χ3n) is 2.81. The van der Waals surface area contributed by atoms with E-state index in [4.69, 9.17) is 0 Å². The molecule has 0 spiro atoms. The molecule has 104 valence electrons. The highest BCUT2D eigenvalue weighted by Gasteiger charge is 2.18. The molecule has 1 N–H and O–H groups in total. The molecule has 0 bridgehead atoms. The van der Waals surface area contributed by atoms with Crippen molar-refractivity contribution in [1.82, 2.24) is 4.98 Å². The van der Waals surface area contributed by atoms with Crippen LogP contribution < -0.4 is 0 Å². The third-order valence-corrected chi connectivity index (χ3v) is 2.81. The molecule has 0 atom stereocenters. The summed E-state index contributed by atoms with van der Waals surface area (Å²) in [5.74, 6) is -0.931. The zero-order valence-corrected chi connectivity index (χ0v) is 11.2. The molecule has 1 heterocycles. The molecule has 0 saturated heterocycles. The standard InChI is InChI=1S/C13H17NO5/c1-8(15)13-10(6-12(17)19-3)9(7-14-13)4-5-11(16)18-2/h7,14H,4-6H2,1-3H3. The molecule has 1 rings (SSSR count). The summed E-state index contributed by atoms with van der Waals surface area (Å²) in [6.07, 6.45) is 2.24. The topological polar surface area (TPSA) is 85.5 Å². The Morgan fingerprint density at radius 2 is 1.79 bits per heavy atom. The van der Waals surface area contributed by atoms with Crippen molar-refractivity contribution in [2.24, 2.45) is 0 Å². The Bertz CT molecular complexity index is 489. The van der Waals surface area contributed by atoms with E-state index >= 15 is 0 Å². The second-order valence-corrected chi connectivity index (χ2v) is 4.05. The first-order valence-corrected chi connectivity index (χ1v) is 5.83. The van der Waals surface area contributed by atoms with Crippen LogP contribution in [-0.2, 0) is 31.9 Å². The summed E-state index contributed by atoms with van der Waals surface area (Å²) in [7, 11) is 2.60. The summed E-state index contributed by atoms with van der Waals surface area (Å²) in [5.41, 5.74) is 1.72. The van der Waals surface area contributed by atoms with Gasteiger partial charge in [-0.05, 0) is 17.5 Å². The van der Waals surface area contributed by atoms with Gasteiger partial charge in [-0.2, -0.15) is 0 Å². The Labute approximate surface area is 111 Å². The number of rotatable bonds is 6. The van der Waals surface area contributed by atoms with Gasteiger partial charge in [-0.15, -0.1) is 0 Å². The van der Waals surface area contributed by atoms with Crippen LogP contribution in [0.4, 0.5) is 0 Å². The molecule has 1 aromatic heterocycles. The number of carbonyl (C=O) groups is 3. The molecule has 0 fully saturated rings. The Morgan fingerprint density at radius 1 is 1.16 bits per heavy atom. The lowest BCUT2D eigenvalue weighted by molar-refractivity contribution is -0.140. The molecule has 19 heavy (non-hydrogen) atoms. The lowest BCUT2D eigenvalue weighted by atomic mass is 10.0. The molecule has 0 aliphatic heterocycles. The van der Waals surface area contributed by atoms with Crippen molar-refractivity contribution >= 4 is 17.7 Å². The number of methoxy groups -OCH3 is 2. The number of aromatic nitrogens is 1. The van der Waals surface area contributed by atoms with E-state index in [-0.39, 0.29) is 24.6 Å². The molecule has 0 aliphatic rings. The van der Waals surface area contributed by atoms with Crippen LogP contribution in [0.25, 0.3) is 0 Å². The van der Waals surface area contributed by atoms with Crippen LogP contribution in [0.15, 0.2) is 6.20 Å². The normalized spacial score (nSPS) is 10.1. The predicted octanol–water partition coefficient (Wildman–Crippen LogP) is 1.04. The fourth-order valence-corrected chi connectivity index (χ4v) is 1.79. The SMILES string of the molecule is COC(=O)CCc1c[nH]c(C(C)=O)c1CC(=O)OC. The summed E-state index contributed by atoms with van der Waals surface area (Å²) in [4.78, 5) is 36.8. The number of hydrogen-bond donors (Lipinski definition) is 1. The van der Waals surface area contributed by atoms with Crippen molar-refractivity contribution in [2.45, 2.75) is 26.2 Å². The maximum Gasteiger partial charge on any atom is 0.310 e. The number of ketones is 1. The van der Waals surface area contributed by atoms with E-state index in [1.807, 2.05) is 0 Å². The van der Waals surface area contributed by atoms with Gasteiger partial charge < -0.3 is 14.5 Å². The van der Waals surface area contributed by atoms with Gasteiger partial charge in [-0.25, -0.2) is 0 Å². The van der Waals surface area contributed by atoms with Crippen molar-refractivity contribution < 1.29 is 23.9 Å². The van der Waals surface area contributed by atoms with E-state index in [0.717, 1.165) is 5.56 Å². The van der Waals surface area contributed by atoms with Crippen molar-refractivity contribution in [2.75, 3.05) is 14.2 Å². The van der Waals surface area contributed by atoms with Gasteiger partial charge in [0.25, 0.3) is 0 Å². The Hall–Kier alpha value is -2.11. The summed E-state index contributed by atoms with van der Waals surface area (Å²) in [6.45, 7) is 1.41. The van der Waals surface area contributed by atoms with Gasteiger partial charge in [0.15, 0.2) is 5.78 Å². The Morgan fingerprint density at radius 3 is 2.32 bits per heavy atom. The van der Waals surface area contributed by atoms with Gasteiger partial charge in [-0.3, -0.25) is 14.4 Å². The monoisotopic (exact) mass is 267 g/mol. The third kappa shape index (κ3) is 3.94. The van der Waals surface area contributed by atoms with Gasteiger partial charge in [-0.1, -0.05) is 0 Å². The maximum atomic E-state index is 11.5. The van der Waals surface area contributed by atoms with Crippen LogP contribution in [-0.4, -0.2) is 36.9 Å². The Balaban J connectivity index is 2.93. The minimum Gasteiger partial charge on any atom is -0.469 e. The van der Waals surface area contributed by atoms with E-state index in [0.29, 0.717) is 17.7 Å². The minimum atomic E-state index is -0.429. The van der Waals surface area contributed by atoms with Crippen molar-refractivity contribution in [3.63, 3.8) is 0 Å². The van der Waals surface area contributed by atoms with Crippen molar-refractivity contribution in [3.05, 3.63) is 23.0 Å². The van der Waals surface area contributed by atoms with Crippen LogP contribution in [0, 0.1) is 0 Å². The van der Waals surface area contributed by atoms with E-state index < -0.39 is 5.97 Å². The highest BCUT2D eigenvalue weighted by Crippen LogP contribution is 2.18. The molecule has 6 heteroatoms. The first-order chi connectivity index (χ1) is 8.99. The smallest absolute Gasteiger partial charge is 0.310 e. The number of ether oxygens (including phenoxy) is 2. The first-order valence-electron chi connectivity index (χ1n) is 5.83. The molecular formula is C13H17NO5. The second kappa shape index (κ2) is 6.72. The molecule has 0 saturated carbocycles. The van der Waals surface area contributed by atoms with E-state index in [1.54, 1.807) is 6.20 Å². The fraction of sp³-hybridized carbons (Fsp3) is 0.462. The number of Topliss-reactive ketones (excluding diaryl/α,β-unsaturated/α-hetero) is 1. The van der Waals surface area contributed by atoms with Crippen LogP contribution in [0.2, 0.25) is 0 Å². The molecule has 1 aromatic rings. The van der Waals surface area contributed by atoms with Gasteiger partial charge in [0, 0.05) is 19.5 Å². The highest BCUT2D eigenvalue weighted by atomic mass is 16.5. The number of carbonyl (C=O) groups excluding carboxylic acids is 3. The summed E-state index contributed by atoms with van der Waals surface area (Å²) < 4.78 is 9.16. The molecule has 0 aromatic carbocycles. The molecular weight excluding hydrogens is 250 g/mol. The number of esters is 2. The average Bonchev–Trinajstić information content (AvgIpc) is 2.78. The second-order valence-electron chi connectivity index (χ2n) is 4.05. The van der Waals surface area contributed by atoms with E-state index in [2.05, 4.69) is 14.5 Å². The molecule has 0 amide bonds. The number of nitrogens with one attached hydrogen (secondary N) is 1. The highest BCUT2D eigenvalue weighted by molar-refractivity contribution is 5.95. The Kier molecular flexibility index (Phi) is 5.29. The molecule has 0 aliphatic carbocycles. The number of H-pyrrole nitrogens is 1. The maximum absolute atomic E-state index is 11.5. The van der Waals surface area contributed by atoms with Crippen molar-refractivity contribution in [3.8, 4) is 0 Å². The zero-order chi connectivity index (χ0) is 14.4. The molecule has 0 radical (unpaired) electrons. The first kappa shape index (κ1) is 14.9. The molecule has 6 nitrogen and oxygen atoms in total. The van der Waals surface area contributed by atoms with Crippen LogP contribution in [0.5, 0.6) is 0 Å². The van der Waals surface area contributed by atoms with E-state index in [9.17, 15) is 14.4 Å². The molecule has 0 unspecified atom stereocenters. The summed E-state index contributed by atoms with van der Waals surface area (Å²) in [5, 5.41) is 0. The van der Waals surface area contributed by atoms with E-state index in [1.165, 1.54) is 21.1 Å². The van der Waals surface area contributed by atoms with Crippen molar-refractivity contribution in [1.29, 1.82) is 0 Å². The number of aromatic amines is 1. The summed E-state index contributed by atoms with van der Waals surface area (Å²) in [6, 6.07) is 0. The quantitative estimate of drug-likeness (QED) is 0.614. The van der Waals surface area contributed by atoms with Crippen LogP contribution >= 0.6 is 0 Å². The summed E-state index contributed by atoms with van der Waals surface area (Å²) >= 11 is 0. The lowest BCUT2D eigenvalue weighted by Gasteiger charge is -2.05.